The maximum Gasteiger partial charge on any atom is 0.231 e. The Morgan fingerprint density at radius 1 is 1.44 bits per heavy atom. The van der Waals surface area contributed by atoms with Gasteiger partial charge in [0.2, 0.25) is 11.8 Å². The van der Waals surface area contributed by atoms with E-state index in [9.17, 15) is 4.79 Å². The Morgan fingerprint density at radius 3 is 3.00 bits per heavy atom. The van der Waals surface area contributed by atoms with Crippen LogP contribution in [-0.2, 0) is 10.5 Å². The summed E-state index contributed by atoms with van der Waals surface area (Å²) in [6.45, 7) is 0.754. The summed E-state index contributed by atoms with van der Waals surface area (Å²) in [5.74, 6) is 2.76. The smallest absolute Gasteiger partial charge is 0.231 e. The number of piperidine rings is 1. The second-order valence-corrected chi connectivity index (χ2v) is 5.86. The molecule has 0 aromatic carbocycles. The molecular weight excluding hydrogens is 250 g/mol. The second-order valence-electron chi connectivity index (χ2n) is 4.99. The summed E-state index contributed by atoms with van der Waals surface area (Å²) < 4.78 is 5.33. The number of hydrogen-bond donors (Lipinski definition) is 0. The van der Waals surface area contributed by atoms with Crippen molar-refractivity contribution in [3.63, 3.8) is 0 Å². The van der Waals surface area contributed by atoms with Crippen molar-refractivity contribution in [3.8, 4) is 0 Å². The first kappa shape index (κ1) is 12.0. The van der Waals surface area contributed by atoms with Crippen molar-refractivity contribution in [1.82, 2.24) is 15.0 Å². The lowest BCUT2D eigenvalue weighted by molar-refractivity contribution is -0.134. The fourth-order valence-corrected chi connectivity index (χ4v) is 2.81. The minimum atomic E-state index is 0.228. The summed E-state index contributed by atoms with van der Waals surface area (Å²) in [4.78, 5) is 18.2. The standard InChI is InChI=1S/C12H17N3O2S/c1-18-7-10-13-12(17-14-10)8-2-5-11(16)15(6-8)9-3-4-9/h8-9H,2-7H2,1H3/t8-/m1/s1. The molecule has 0 bridgehead atoms. The van der Waals surface area contributed by atoms with Gasteiger partial charge in [-0.3, -0.25) is 4.79 Å². The number of carbonyl (C=O) groups excluding carboxylic acids is 1. The van der Waals surface area contributed by atoms with Crippen LogP contribution in [0.3, 0.4) is 0 Å². The highest BCUT2D eigenvalue weighted by atomic mass is 32.2. The molecule has 98 valence electrons. The van der Waals surface area contributed by atoms with Crippen LogP contribution >= 0.6 is 11.8 Å². The number of likely N-dealkylation sites (tertiary alicyclic amines) is 1. The van der Waals surface area contributed by atoms with Gasteiger partial charge in [0, 0.05) is 19.0 Å². The van der Waals surface area contributed by atoms with Gasteiger partial charge >= 0.3 is 0 Å². The van der Waals surface area contributed by atoms with Crippen LogP contribution in [0.1, 0.15) is 43.3 Å². The maximum absolute atomic E-state index is 11.8. The predicted molar refractivity (Wildman–Crippen MR) is 68.2 cm³/mol. The highest BCUT2D eigenvalue weighted by molar-refractivity contribution is 7.97. The highest BCUT2D eigenvalue weighted by Gasteiger charge is 2.38. The number of thioether (sulfide) groups is 1. The predicted octanol–water partition coefficient (Wildman–Crippen LogP) is 1.80. The Morgan fingerprint density at radius 2 is 2.28 bits per heavy atom. The van der Waals surface area contributed by atoms with Crippen molar-refractivity contribution in [1.29, 1.82) is 0 Å². The molecule has 2 aliphatic rings. The average Bonchev–Trinajstić information content (AvgIpc) is 3.11. The van der Waals surface area contributed by atoms with E-state index in [0.29, 0.717) is 18.4 Å². The van der Waals surface area contributed by atoms with Crippen LogP contribution in [0.4, 0.5) is 0 Å². The van der Waals surface area contributed by atoms with E-state index in [2.05, 4.69) is 10.1 Å². The first-order chi connectivity index (χ1) is 8.78. The Balaban J connectivity index is 1.69. The van der Waals surface area contributed by atoms with E-state index in [4.69, 9.17) is 4.52 Å². The zero-order chi connectivity index (χ0) is 12.5. The van der Waals surface area contributed by atoms with Crippen molar-refractivity contribution in [3.05, 3.63) is 11.7 Å². The van der Waals surface area contributed by atoms with Crippen LogP contribution < -0.4 is 0 Å². The lowest BCUT2D eigenvalue weighted by atomic mass is 9.97. The molecule has 1 atom stereocenters. The fraction of sp³-hybridized carbons (Fsp3) is 0.750. The van der Waals surface area contributed by atoms with Crippen molar-refractivity contribution >= 4 is 17.7 Å². The van der Waals surface area contributed by atoms with Gasteiger partial charge in [-0.2, -0.15) is 16.7 Å². The summed E-state index contributed by atoms with van der Waals surface area (Å²) in [6, 6.07) is 0.480. The lowest BCUT2D eigenvalue weighted by Gasteiger charge is -2.30. The Bertz CT molecular complexity index is 444. The van der Waals surface area contributed by atoms with E-state index < -0.39 is 0 Å². The van der Waals surface area contributed by atoms with Crippen LogP contribution in [0, 0.1) is 0 Å². The van der Waals surface area contributed by atoms with Gasteiger partial charge in [-0.25, -0.2) is 0 Å². The van der Waals surface area contributed by atoms with Gasteiger partial charge < -0.3 is 9.42 Å². The molecule has 0 N–H and O–H groups in total. The monoisotopic (exact) mass is 267 g/mol. The van der Waals surface area contributed by atoms with E-state index in [0.717, 1.165) is 37.4 Å². The first-order valence-corrected chi connectivity index (χ1v) is 7.78. The SMILES string of the molecule is CSCc1noc([C@@H]2CCC(=O)N(C3CC3)C2)n1. The topological polar surface area (TPSA) is 59.2 Å². The fourth-order valence-electron chi connectivity index (χ4n) is 2.43. The molecule has 1 amide bonds. The van der Waals surface area contributed by atoms with Crippen LogP contribution in [-0.4, -0.2) is 39.8 Å². The third-order valence-corrected chi connectivity index (χ3v) is 4.09. The first-order valence-electron chi connectivity index (χ1n) is 6.39. The number of hydrogen-bond acceptors (Lipinski definition) is 5. The molecule has 1 aromatic rings. The minimum absolute atomic E-state index is 0.228. The molecule has 1 aromatic heterocycles. The van der Waals surface area contributed by atoms with Gasteiger partial charge in [0.15, 0.2) is 5.82 Å². The van der Waals surface area contributed by atoms with Crippen molar-refractivity contribution in [2.45, 2.75) is 43.4 Å². The van der Waals surface area contributed by atoms with Gasteiger partial charge in [0.1, 0.15) is 0 Å². The van der Waals surface area contributed by atoms with E-state index in [1.807, 2.05) is 11.2 Å². The molecule has 6 heteroatoms. The number of rotatable bonds is 4. The lowest BCUT2D eigenvalue weighted by Crippen LogP contribution is -2.40. The Hall–Kier alpha value is -1.04. The van der Waals surface area contributed by atoms with Crippen molar-refractivity contribution < 1.29 is 9.32 Å². The van der Waals surface area contributed by atoms with Gasteiger partial charge in [0.25, 0.3) is 0 Å². The number of aromatic nitrogens is 2. The second kappa shape index (κ2) is 4.91. The molecule has 0 unspecified atom stereocenters. The van der Waals surface area contributed by atoms with Gasteiger partial charge in [-0.15, -0.1) is 0 Å². The van der Waals surface area contributed by atoms with E-state index in [1.54, 1.807) is 11.8 Å². The molecule has 5 nitrogen and oxygen atoms in total. The van der Waals surface area contributed by atoms with Crippen molar-refractivity contribution in [2.24, 2.45) is 0 Å². The summed E-state index contributed by atoms with van der Waals surface area (Å²) in [5.41, 5.74) is 0. The molecule has 1 saturated heterocycles. The van der Waals surface area contributed by atoms with Crippen molar-refractivity contribution in [2.75, 3.05) is 12.8 Å². The third kappa shape index (κ3) is 2.39. The van der Waals surface area contributed by atoms with Gasteiger partial charge in [-0.05, 0) is 25.5 Å². The zero-order valence-electron chi connectivity index (χ0n) is 10.5. The van der Waals surface area contributed by atoms with Crippen LogP contribution in [0.25, 0.3) is 0 Å². The molecular formula is C12H17N3O2S. The number of nitrogens with zero attached hydrogens (tertiary/aromatic N) is 3. The average molecular weight is 267 g/mol. The molecule has 0 radical (unpaired) electrons. The van der Waals surface area contributed by atoms with E-state index in [-0.39, 0.29) is 11.8 Å². The highest BCUT2D eigenvalue weighted by Crippen LogP contribution is 2.34. The third-order valence-electron chi connectivity index (χ3n) is 3.54. The van der Waals surface area contributed by atoms with Gasteiger partial charge in [-0.1, -0.05) is 5.16 Å². The molecule has 1 aliphatic heterocycles. The molecule has 3 rings (SSSR count). The maximum atomic E-state index is 11.8. The number of amides is 1. The zero-order valence-corrected chi connectivity index (χ0v) is 11.3. The quantitative estimate of drug-likeness (QED) is 0.832. The molecule has 1 saturated carbocycles. The normalized spacial score (nSPS) is 24.6. The summed E-state index contributed by atoms with van der Waals surface area (Å²) in [5, 5.41) is 3.98. The van der Waals surface area contributed by atoms with Crippen LogP contribution in [0.5, 0.6) is 0 Å². The summed E-state index contributed by atoms with van der Waals surface area (Å²) >= 11 is 1.68. The largest absolute Gasteiger partial charge is 0.339 e. The molecule has 18 heavy (non-hydrogen) atoms. The summed E-state index contributed by atoms with van der Waals surface area (Å²) in [7, 11) is 0. The van der Waals surface area contributed by atoms with Crippen LogP contribution in [0.2, 0.25) is 0 Å². The molecule has 2 fully saturated rings. The minimum Gasteiger partial charge on any atom is -0.339 e. The Kier molecular flexibility index (Phi) is 3.28. The summed E-state index contributed by atoms with van der Waals surface area (Å²) in [6.07, 6.45) is 5.77. The molecule has 1 aliphatic carbocycles. The van der Waals surface area contributed by atoms with Gasteiger partial charge in [0.05, 0.1) is 11.7 Å². The Labute approximate surface area is 110 Å². The van der Waals surface area contributed by atoms with Crippen LogP contribution in [0.15, 0.2) is 4.52 Å². The number of carbonyl (C=O) groups is 1. The molecule has 2 heterocycles. The molecule has 0 spiro atoms. The van der Waals surface area contributed by atoms with E-state index in [1.165, 1.54) is 0 Å². The van der Waals surface area contributed by atoms with E-state index >= 15 is 0 Å².